The number of aromatic nitrogens is 2. The van der Waals surface area contributed by atoms with Crippen LogP contribution in [0.15, 0.2) is 24.3 Å². The molecule has 19 heavy (non-hydrogen) atoms. The van der Waals surface area contributed by atoms with E-state index in [2.05, 4.69) is 48.5 Å². The summed E-state index contributed by atoms with van der Waals surface area (Å²) in [4.78, 5) is 0. The molecule has 0 aliphatic rings. The molecule has 0 aliphatic carbocycles. The molecule has 2 rings (SSSR count). The van der Waals surface area contributed by atoms with Crippen LogP contribution in [0.1, 0.15) is 36.6 Å². The van der Waals surface area contributed by atoms with Crippen molar-refractivity contribution >= 4 is 17.3 Å². The van der Waals surface area contributed by atoms with Gasteiger partial charge in [0, 0.05) is 24.8 Å². The first-order valence-corrected chi connectivity index (χ1v) is 6.88. The lowest BCUT2D eigenvalue weighted by molar-refractivity contribution is 0.757. The van der Waals surface area contributed by atoms with Crippen LogP contribution in [0.3, 0.4) is 0 Å². The molecule has 0 bridgehead atoms. The number of nitrogens with one attached hydrogen (secondary N) is 1. The molecule has 0 saturated carbocycles. The predicted octanol–water partition coefficient (Wildman–Crippen LogP) is 4.12. The van der Waals surface area contributed by atoms with Crippen molar-refractivity contribution in [3.8, 4) is 0 Å². The minimum atomic E-state index is 0.533. The van der Waals surface area contributed by atoms with Crippen molar-refractivity contribution in [2.45, 2.75) is 33.2 Å². The Balaban J connectivity index is 2.12. The number of hydrogen-bond acceptors (Lipinski definition) is 2. The third-order valence-corrected chi connectivity index (χ3v) is 3.77. The second-order valence-corrected chi connectivity index (χ2v) is 5.47. The first-order chi connectivity index (χ1) is 8.99. The number of hydrogen-bond donors (Lipinski definition) is 1. The highest BCUT2D eigenvalue weighted by molar-refractivity contribution is 6.30. The zero-order chi connectivity index (χ0) is 14.0. The van der Waals surface area contributed by atoms with Crippen molar-refractivity contribution in [1.82, 2.24) is 9.78 Å². The Labute approximate surface area is 119 Å². The van der Waals surface area contributed by atoms with Crippen molar-refractivity contribution in [2.24, 2.45) is 7.05 Å². The summed E-state index contributed by atoms with van der Waals surface area (Å²) in [6, 6.07) is 8.49. The number of aryl methyl sites for hydroxylation is 2. The van der Waals surface area contributed by atoms with Gasteiger partial charge in [-0.25, -0.2) is 0 Å². The fourth-order valence-electron chi connectivity index (χ4n) is 2.07. The van der Waals surface area contributed by atoms with E-state index in [-0.39, 0.29) is 0 Å². The van der Waals surface area contributed by atoms with Crippen LogP contribution in [0.5, 0.6) is 0 Å². The van der Waals surface area contributed by atoms with Gasteiger partial charge in [0.25, 0.3) is 0 Å². The first-order valence-electron chi connectivity index (χ1n) is 6.51. The molecule has 0 amide bonds. The third-order valence-electron chi connectivity index (χ3n) is 3.29. The van der Waals surface area contributed by atoms with E-state index in [4.69, 9.17) is 11.6 Å². The zero-order valence-corrected chi connectivity index (χ0v) is 12.6. The molecule has 2 aromatic rings. The molecule has 4 heteroatoms. The summed E-state index contributed by atoms with van der Waals surface area (Å²) in [5.74, 6) is 0.533. The molecule has 0 atom stereocenters. The minimum Gasteiger partial charge on any atom is -0.381 e. The van der Waals surface area contributed by atoms with Gasteiger partial charge in [-0.3, -0.25) is 4.68 Å². The monoisotopic (exact) mass is 277 g/mol. The summed E-state index contributed by atoms with van der Waals surface area (Å²) in [7, 11) is 1.86. The van der Waals surface area contributed by atoms with E-state index in [1.54, 1.807) is 4.68 Å². The van der Waals surface area contributed by atoms with E-state index >= 15 is 0 Å². The van der Waals surface area contributed by atoms with Crippen LogP contribution in [-0.2, 0) is 13.6 Å². The maximum atomic E-state index is 6.22. The first kappa shape index (κ1) is 13.9. The molecule has 3 nitrogen and oxygen atoms in total. The normalized spacial score (nSPS) is 11.1. The molecular weight excluding hydrogens is 258 g/mol. The summed E-state index contributed by atoms with van der Waals surface area (Å²) < 4.78 is 1.71. The summed E-state index contributed by atoms with van der Waals surface area (Å²) in [5, 5.41) is 8.43. The van der Waals surface area contributed by atoms with Gasteiger partial charge < -0.3 is 5.32 Å². The summed E-state index contributed by atoms with van der Waals surface area (Å²) in [6.45, 7) is 7.07. The molecule has 0 radical (unpaired) electrons. The van der Waals surface area contributed by atoms with Gasteiger partial charge in [-0.1, -0.05) is 37.6 Å². The molecule has 0 fully saturated rings. The number of benzene rings is 1. The molecule has 102 valence electrons. The number of anilines is 1. The van der Waals surface area contributed by atoms with E-state index in [9.17, 15) is 0 Å². The Hall–Kier alpha value is -1.48. The molecule has 1 N–H and O–H groups in total. The molecular formula is C15H20ClN3. The average Bonchev–Trinajstić information content (AvgIpc) is 2.61. The van der Waals surface area contributed by atoms with Gasteiger partial charge in [0.1, 0.15) is 5.15 Å². The van der Waals surface area contributed by atoms with Crippen molar-refractivity contribution in [3.05, 3.63) is 46.2 Å². The van der Waals surface area contributed by atoms with Crippen LogP contribution in [0.2, 0.25) is 5.15 Å². The molecule has 0 spiro atoms. The van der Waals surface area contributed by atoms with Crippen LogP contribution in [0.25, 0.3) is 0 Å². The lowest BCUT2D eigenvalue weighted by Gasteiger charge is -2.10. The Morgan fingerprint density at radius 1 is 1.37 bits per heavy atom. The van der Waals surface area contributed by atoms with Crippen LogP contribution in [0, 0.1) is 6.92 Å². The Bertz CT molecular complexity index is 573. The van der Waals surface area contributed by atoms with Crippen LogP contribution in [-0.4, -0.2) is 9.78 Å². The summed E-state index contributed by atoms with van der Waals surface area (Å²) >= 11 is 6.22. The molecule has 1 heterocycles. The fraction of sp³-hybridized carbons (Fsp3) is 0.400. The minimum absolute atomic E-state index is 0.533. The topological polar surface area (TPSA) is 29.9 Å². The van der Waals surface area contributed by atoms with E-state index in [1.807, 2.05) is 14.0 Å². The second kappa shape index (κ2) is 5.66. The van der Waals surface area contributed by atoms with E-state index in [0.29, 0.717) is 17.6 Å². The quantitative estimate of drug-likeness (QED) is 0.911. The summed E-state index contributed by atoms with van der Waals surface area (Å²) in [6.07, 6.45) is 0. The van der Waals surface area contributed by atoms with E-state index in [1.165, 1.54) is 5.56 Å². The molecule has 0 aliphatic heterocycles. The van der Waals surface area contributed by atoms with Gasteiger partial charge in [0.2, 0.25) is 0 Å². The van der Waals surface area contributed by atoms with Gasteiger partial charge in [0.15, 0.2) is 0 Å². The van der Waals surface area contributed by atoms with Crippen LogP contribution >= 0.6 is 11.6 Å². The van der Waals surface area contributed by atoms with Gasteiger partial charge in [-0.2, -0.15) is 5.10 Å². The molecule has 1 aromatic heterocycles. The van der Waals surface area contributed by atoms with Gasteiger partial charge in [0.05, 0.1) is 5.69 Å². The maximum Gasteiger partial charge on any atom is 0.131 e. The molecule has 1 aromatic carbocycles. The van der Waals surface area contributed by atoms with Gasteiger partial charge >= 0.3 is 0 Å². The van der Waals surface area contributed by atoms with Crippen molar-refractivity contribution in [1.29, 1.82) is 0 Å². The van der Waals surface area contributed by atoms with Crippen LogP contribution < -0.4 is 5.32 Å². The van der Waals surface area contributed by atoms with E-state index < -0.39 is 0 Å². The van der Waals surface area contributed by atoms with Crippen molar-refractivity contribution < 1.29 is 0 Å². The third kappa shape index (κ3) is 3.10. The highest BCUT2D eigenvalue weighted by atomic mass is 35.5. The maximum absolute atomic E-state index is 6.22. The standard InChI is InChI=1S/C15H20ClN3/c1-10(2)12-6-5-7-13(8-12)17-9-14-11(3)18-19(4)15(14)16/h5-8,10,17H,9H2,1-4H3. The number of halogens is 1. The zero-order valence-electron chi connectivity index (χ0n) is 11.9. The highest BCUT2D eigenvalue weighted by Crippen LogP contribution is 2.22. The van der Waals surface area contributed by atoms with Gasteiger partial charge in [-0.15, -0.1) is 0 Å². The average molecular weight is 278 g/mol. The number of rotatable bonds is 4. The lowest BCUT2D eigenvalue weighted by Crippen LogP contribution is -2.01. The second-order valence-electron chi connectivity index (χ2n) is 5.11. The van der Waals surface area contributed by atoms with Gasteiger partial charge in [-0.05, 0) is 30.5 Å². The SMILES string of the molecule is Cc1nn(C)c(Cl)c1CNc1cccc(C(C)C)c1. The predicted molar refractivity (Wildman–Crippen MR) is 80.8 cm³/mol. The Morgan fingerprint density at radius 2 is 2.11 bits per heavy atom. The van der Waals surface area contributed by atoms with Crippen molar-refractivity contribution in [3.63, 3.8) is 0 Å². The largest absolute Gasteiger partial charge is 0.381 e. The summed E-state index contributed by atoms with van der Waals surface area (Å²) in [5.41, 5.74) is 4.48. The molecule has 0 unspecified atom stereocenters. The smallest absolute Gasteiger partial charge is 0.131 e. The molecule has 0 saturated heterocycles. The van der Waals surface area contributed by atoms with Crippen LogP contribution in [0.4, 0.5) is 5.69 Å². The van der Waals surface area contributed by atoms with Crippen molar-refractivity contribution in [2.75, 3.05) is 5.32 Å². The number of nitrogens with zero attached hydrogens (tertiary/aromatic N) is 2. The lowest BCUT2D eigenvalue weighted by atomic mass is 10.0. The van der Waals surface area contributed by atoms with E-state index in [0.717, 1.165) is 16.9 Å². The highest BCUT2D eigenvalue weighted by Gasteiger charge is 2.10. The fourth-order valence-corrected chi connectivity index (χ4v) is 2.31. The Kier molecular flexibility index (Phi) is 4.15. The Morgan fingerprint density at radius 3 is 2.68 bits per heavy atom.